The maximum absolute atomic E-state index is 12.2. The first-order valence-corrected chi connectivity index (χ1v) is 6.39. The molecule has 18 heavy (non-hydrogen) atoms. The minimum atomic E-state index is -0.125. The van der Waals surface area contributed by atoms with Crippen LogP contribution in [0, 0.1) is 0 Å². The van der Waals surface area contributed by atoms with E-state index in [1.165, 1.54) is 7.11 Å². The zero-order chi connectivity index (χ0) is 13.5. The van der Waals surface area contributed by atoms with Crippen molar-refractivity contribution in [3.8, 4) is 5.88 Å². The van der Waals surface area contributed by atoms with E-state index in [2.05, 4.69) is 20.9 Å². The minimum Gasteiger partial charge on any atom is -0.480 e. The smallest absolute Gasteiger partial charge is 0.259 e. The van der Waals surface area contributed by atoms with Crippen LogP contribution in [0.2, 0.25) is 0 Å². The molecule has 0 aromatic carbocycles. The van der Waals surface area contributed by atoms with E-state index in [0.29, 0.717) is 24.6 Å². The van der Waals surface area contributed by atoms with Crippen LogP contribution < -0.4 is 4.74 Å². The Morgan fingerprint density at radius 3 is 2.89 bits per heavy atom. The predicted octanol–water partition coefficient (Wildman–Crippen LogP) is 1.57. The van der Waals surface area contributed by atoms with Gasteiger partial charge in [-0.15, -0.1) is 0 Å². The van der Waals surface area contributed by atoms with Gasteiger partial charge in [-0.1, -0.05) is 15.9 Å². The molecule has 1 atom stereocenters. The van der Waals surface area contributed by atoms with Gasteiger partial charge in [-0.05, 0) is 12.1 Å². The van der Waals surface area contributed by atoms with Crippen LogP contribution in [0.15, 0.2) is 18.3 Å². The molecule has 1 aromatic heterocycles. The highest BCUT2D eigenvalue weighted by molar-refractivity contribution is 9.09. The summed E-state index contributed by atoms with van der Waals surface area (Å²) in [6, 6.07) is 3.41. The van der Waals surface area contributed by atoms with Crippen molar-refractivity contribution >= 4 is 21.8 Å². The Hall–Kier alpha value is -1.14. The number of halogens is 1. The SMILES string of the molecule is COCC(Br)CN(C)C(=O)c1cccnc1OC. The number of hydrogen-bond donors (Lipinski definition) is 0. The second-order valence-electron chi connectivity index (χ2n) is 3.80. The number of pyridine rings is 1. The molecule has 0 aliphatic rings. The molecule has 6 heteroatoms. The van der Waals surface area contributed by atoms with Crippen LogP contribution in [0.5, 0.6) is 5.88 Å². The Bertz CT molecular complexity index is 401. The average Bonchev–Trinajstić information content (AvgIpc) is 2.38. The Morgan fingerprint density at radius 2 is 2.28 bits per heavy atom. The van der Waals surface area contributed by atoms with Gasteiger partial charge in [0.15, 0.2) is 0 Å². The van der Waals surface area contributed by atoms with Crippen molar-refractivity contribution in [3.63, 3.8) is 0 Å². The topological polar surface area (TPSA) is 51.7 Å². The molecule has 5 nitrogen and oxygen atoms in total. The third-order valence-electron chi connectivity index (χ3n) is 2.36. The molecule has 1 heterocycles. The average molecular weight is 317 g/mol. The number of carbonyl (C=O) groups excluding carboxylic acids is 1. The number of ether oxygens (including phenoxy) is 2. The highest BCUT2D eigenvalue weighted by Gasteiger charge is 2.19. The van der Waals surface area contributed by atoms with Gasteiger partial charge in [0.2, 0.25) is 5.88 Å². The number of aromatic nitrogens is 1. The van der Waals surface area contributed by atoms with E-state index in [1.807, 2.05) is 0 Å². The third-order valence-corrected chi connectivity index (χ3v) is 2.91. The lowest BCUT2D eigenvalue weighted by molar-refractivity contribution is 0.0780. The Morgan fingerprint density at radius 1 is 1.56 bits per heavy atom. The summed E-state index contributed by atoms with van der Waals surface area (Å²) >= 11 is 3.45. The summed E-state index contributed by atoms with van der Waals surface area (Å²) in [5.41, 5.74) is 0.458. The van der Waals surface area contributed by atoms with Gasteiger partial charge in [0.05, 0.1) is 18.5 Å². The van der Waals surface area contributed by atoms with E-state index in [-0.39, 0.29) is 10.7 Å². The Balaban J connectivity index is 2.74. The van der Waals surface area contributed by atoms with Gasteiger partial charge in [-0.25, -0.2) is 4.98 Å². The summed E-state index contributed by atoms with van der Waals surface area (Å²) in [5, 5.41) is 0. The fourth-order valence-corrected chi connectivity index (χ4v) is 2.23. The van der Waals surface area contributed by atoms with Crippen molar-refractivity contribution in [1.82, 2.24) is 9.88 Å². The molecule has 0 spiro atoms. The van der Waals surface area contributed by atoms with Crippen molar-refractivity contribution in [2.45, 2.75) is 4.83 Å². The van der Waals surface area contributed by atoms with Crippen LogP contribution in [0.1, 0.15) is 10.4 Å². The Labute approximate surface area is 115 Å². The van der Waals surface area contributed by atoms with Crippen molar-refractivity contribution in [2.75, 3.05) is 34.4 Å². The van der Waals surface area contributed by atoms with E-state index in [0.717, 1.165) is 0 Å². The van der Waals surface area contributed by atoms with E-state index < -0.39 is 0 Å². The van der Waals surface area contributed by atoms with Gasteiger partial charge >= 0.3 is 0 Å². The molecule has 1 unspecified atom stereocenters. The van der Waals surface area contributed by atoms with Crippen LogP contribution in [0.4, 0.5) is 0 Å². The highest BCUT2D eigenvalue weighted by Crippen LogP contribution is 2.16. The van der Waals surface area contributed by atoms with Gasteiger partial charge in [0.1, 0.15) is 5.56 Å². The molecule has 100 valence electrons. The molecule has 0 aliphatic carbocycles. The number of alkyl halides is 1. The predicted molar refractivity (Wildman–Crippen MR) is 72.3 cm³/mol. The van der Waals surface area contributed by atoms with Gasteiger partial charge in [0, 0.05) is 26.9 Å². The molecule has 1 amide bonds. The molecule has 0 fully saturated rings. The standard InChI is InChI=1S/C12H17BrN2O3/c1-15(7-9(13)8-17-2)12(16)10-5-4-6-14-11(10)18-3/h4-6,9H,7-8H2,1-3H3. The fraction of sp³-hybridized carbons (Fsp3) is 0.500. The summed E-state index contributed by atoms with van der Waals surface area (Å²) in [6.07, 6.45) is 1.59. The zero-order valence-corrected chi connectivity index (χ0v) is 12.3. The maximum atomic E-state index is 12.2. The normalized spacial score (nSPS) is 12.0. The molecule has 0 N–H and O–H groups in total. The fourth-order valence-electron chi connectivity index (χ4n) is 1.54. The first kappa shape index (κ1) is 14.9. The zero-order valence-electron chi connectivity index (χ0n) is 10.7. The second-order valence-corrected chi connectivity index (χ2v) is 5.09. The van der Waals surface area contributed by atoms with Crippen LogP contribution in [-0.2, 0) is 4.74 Å². The summed E-state index contributed by atoms with van der Waals surface area (Å²) in [4.78, 5) is 17.9. The minimum absolute atomic E-state index is 0.0964. The first-order valence-electron chi connectivity index (χ1n) is 5.47. The van der Waals surface area contributed by atoms with Crippen molar-refractivity contribution in [1.29, 1.82) is 0 Å². The van der Waals surface area contributed by atoms with E-state index in [4.69, 9.17) is 9.47 Å². The lowest BCUT2D eigenvalue weighted by atomic mass is 10.2. The van der Waals surface area contributed by atoms with E-state index >= 15 is 0 Å². The number of amides is 1. The van der Waals surface area contributed by atoms with Crippen LogP contribution >= 0.6 is 15.9 Å². The molecular weight excluding hydrogens is 300 g/mol. The molecule has 0 radical (unpaired) electrons. The van der Waals surface area contributed by atoms with Gasteiger partial charge in [-0.3, -0.25) is 4.79 Å². The molecule has 0 aliphatic heterocycles. The summed E-state index contributed by atoms with van der Waals surface area (Å²) < 4.78 is 10.1. The number of rotatable bonds is 6. The van der Waals surface area contributed by atoms with Gasteiger partial charge in [-0.2, -0.15) is 0 Å². The molecular formula is C12H17BrN2O3. The van der Waals surface area contributed by atoms with E-state index in [1.54, 1.807) is 37.4 Å². The molecule has 1 rings (SSSR count). The summed E-state index contributed by atoms with van der Waals surface area (Å²) in [5.74, 6) is 0.215. The second kappa shape index (κ2) is 7.33. The summed E-state index contributed by atoms with van der Waals surface area (Å²) in [7, 11) is 4.86. The lowest BCUT2D eigenvalue weighted by Gasteiger charge is -2.20. The molecule has 0 bridgehead atoms. The monoisotopic (exact) mass is 316 g/mol. The lowest BCUT2D eigenvalue weighted by Crippen LogP contribution is -2.34. The molecule has 0 saturated carbocycles. The number of carbonyl (C=O) groups is 1. The Kier molecular flexibility index (Phi) is 6.07. The number of hydrogen-bond acceptors (Lipinski definition) is 4. The maximum Gasteiger partial charge on any atom is 0.259 e. The summed E-state index contributed by atoms with van der Waals surface area (Å²) in [6.45, 7) is 1.09. The first-order chi connectivity index (χ1) is 8.60. The number of methoxy groups -OCH3 is 2. The third kappa shape index (κ3) is 3.96. The van der Waals surface area contributed by atoms with Crippen LogP contribution in [-0.4, -0.2) is 55.0 Å². The van der Waals surface area contributed by atoms with Gasteiger partial charge < -0.3 is 14.4 Å². The van der Waals surface area contributed by atoms with Crippen molar-refractivity contribution < 1.29 is 14.3 Å². The number of nitrogens with zero attached hydrogens (tertiary/aromatic N) is 2. The quantitative estimate of drug-likeness (QED) is 0.748. The largest absolute Gasteiger partial charge is 0.480 e. The van der Waals surface area contributed by atoms with E-state index in [9.17, 15) is 4.79 Å². The van der Waals surface area contributed by atoms with Crippen molar-refractivity contribution in [2.24, 2.45) is 0 Å². The van der Waals surface area contributed by atoms with Crippen LogP contribution in [0.3, 0.4) is 0 Å². The molecule has 1 aromatic rings. The molecule has 0 saturated heterocycles. The highest BCUT2D eigenvalue weighted by atomic mass is 79.9. The van der Waals surface area contributed by atoms with Crippen LogP contribution in [0.25, 0.3) is 0 Å². The van der Waals surface area contributed by atoms with Gasteiger partial charge in [0.25, 0.3) is 5.91 Å². The van der Waals surface area contributed by atoms with Crippen molar-refractivity contribution in [3.05, 3.63) is 23.9 Å².